The number of benzene rings is 4. The van der Waals surface area contributed by atoms with Crippen LogP contribution in [0.15, 0.2) is 71.1 Å². The number of aryl methyl sites for hydroxylation is 3. The molecule has 33 heavy (non-hydrogen) atoms. The first-order valence-electron chi connectivity index (χ1n) is 10.8. The molecule has 1 amide bonds. The summed E-state index contributed by atoms with van der Waals surface area (Å²) in [6, 6.07) is 21.5. The number of fused-ring (bicyclic) bond motifs is 2. The maximum absolute atomic E-state index is 13.2. The third-order valence-electron chi connectivity index (χ3n) is 6.05. The summed E-state index contributed by atoms with van der Waals surface area (Å²) in [5.41, 5.74) is 6.81. The van der Waals surface area contributed by atoms with Crippen LogP contribution < -0.4 is 10.1 Å². The van der Waals surface area contributed by atoms with Crippen molar-refractivity contribution in [2.24, 2.45) is 0 Å². The Kier molecular flexibility index (Phi) is 5.09. The number of methoxy groups -OCH3 is 1. The molecular formula is C28H24N2O3. The SMILES string of the molecule is COc1cc2ccccc2cc1C(=O)Nc1cc(-c2nc3cc(C)c(C)cc3o2)ccc1C. The van der Waals surface area contributed by atoms with Crippen molar-refractivity contribution in [3.8, 4) is 17.2 Å². The number of hydrogen-bond donors (Lipinski definition) is 1. The lowest BCUT2D eigenvalue weighted by molar-refractivity contribution is 0.102. The highest BCUT2D eigenvalue weighted by Crippen LogP contribution is 2.31. The Bertz CT molecular complexity index is 1490. The van der Waals surface area contributed by atoms with E-state index in [2.05, 4.69) is 24.1 Å². The largest absolute Gasteiger partial charge is 0.496 e. The molecule has 0 saturated carbocycles. The number of rotatable bonds is 4. The number of aromatic nitrogens is 1. The van der Waals surface area contributed by atoms with E-state index in [-0.39, 0.29) is 5.91 Å². The van der Waals surface area contributed by atoms with Gasteiger partial charge < -0.3 is 14.5 Å². The second kappa shape index (κ2) is 8.10. The molecular weight excluding hydrogens is 412 g/mol. The highest BCUT2D eigenvalue weighted by molar-refractivity contribution is 6.09. The third kappa shape index (κ3) is 3.82. The van der Waals surface area contributed by atoms with Gasteiger partial charge in [0.1, 0.15) is 11.3 Å². The molecule has 5 aromatic rings. The first kappa shape index (κ1) is 20.8. The maximum Gasteiger partial charge on any atom is 0.259 e. The standard InChI is InChI=1S/C28H24N2O3/c1-16-9-10-21(28-30-24-11-17(2)18(3)12-26(24)33-28)14-23(16)29-27(31)22-13-19-7-5-6-8-20(19)15-25(22)32-4/h5-15H,1-4H3,(H,29,31). The molecule has 5 heteroatoms. The van der Waals surface area contributed by atoms with Crippen LogP contribution in [-0.2, 0) is 0 Å². The second-order valence-electron chi connectivity index (χ2n) is 8.31. The molecule has 1 N–H and O–H groups in total. The molecule has 0 saturated heterocycles. The van der Waals surface area contributed by atoms with Gasteiger partial charge in [-0.15, -0.1) is 0 Å². The quantitative estimate of drug-likeness (QED) is 0.335. The summed E-state index contributed by atoms with van der Waals surface area (Å²) in [5.74, 6) is 0.820. The number of carbonyl (C=O) groups excluding carboxylic acids is 1. The van der Waals surface area contributed by atoms with Gasteiger partial charge in [-0.2, -0.15) is 0 Å². The van der Waals surface area contributed by atoms with Gasteiger partial charge in [0.25, 0.3) is 5.91 Å². The molecule has 5 nitrogen and oxygen atoms in total. The Labute approximate surface area is 192 Å². The van der Waals surface area contributed by atoms with Gasteiger partial charge in [0.2, 0.25) is 5.89 Å². The van der Waals surface area contributed by atoms with Crippen LogP contribution in [-0.4, -0.2) is 18.0 Å². The van der Waals surface area contributed by atoms with Crippen molar-refractivity contribution in [3.63, 3.8) is 0 Å². The molecule has 0 radical (unpaired) electrons. The average molecular weight is 437 g/mol. The zero-order chi connectivity index (χ0) is 23.1. The van der Waals surface area contributed by atoms with E-state index >= 15 is 0 Å². The molecule has 0 spiro atoms. The Morgan fingerprint density at radius 1 is 0.879 bits per heavy atom. The molecule has 0 fully saturated rings. The summed E-state index contributed by atoms with van der Waals surface area (Å²) in [6.07, 6.45) is 0. The van der Waals surface area contributed by atoms with Gasteiger partial charge in [0, 0.05) is 11.3 Å². The monoisotopic (exact) mass is 436 g/mol. The number of carbonyl (C=O) groups is 1. The van der Waals surface area contributed by atoms with Crippen molar-refractivity contribution in [3.05, 3.63) is 89.0 Å². The summed E-state index contributed by atoms with van der Waals surface area (Å²) in [4.78, 5) is 17.9. The van der Waals surface area contributed by atoms with Crippen LogP contribution in [0, 0.1) is 20.8 Å². The Balaban J connectivity index is 1.50. The maximum atomic E-state index is 13.2. The van der Waals surface area contributed by atoms with E-state index in [4.69, 9.17) is 9.15 Å². The number of nitrogens with one attached hydrogen (secondary N) is 1. The lowest BCUT2D eigenvalue weighted by Crippen LogP contribution is -2.14. The van der Waals surface area contributed by atoms with E-state index in [1.165, 1.54) is 5.56 Å². The Morgan fingerprint density at radius 3 is 2.36 bits per heavy atom. The lowest BCUT2D eigenvalue weighted by Gasteiger charge is -2.13. The van der Waals surface area contributed by atoms with Crippen molar-refractivity contribution >= 4 is 33.5 Å². The number of hydrogen-bond acceptors (Lipinski definition) is 4. The third-order valence-corrected chi connectivity index (χ3v) is 6.05. The van der Waals surface area contributed by atoms with Crippen LogP contribution in [0.3, 0.4) is 0 Å². The molecule has 0 aliphatic heterocycles. The summed E-state index contributed by atoms with van der Waals surface area (Å²) < 4.78 is 11.5. The topological polar surface area (TPSA) is 64.4 Å². The van der Waals surface area contributed by atoms with Crippen LogP contribution in [0.5, 0.6) is 5.75 Å². The average Bonchev–Trinajstić information content (AvgIpc) is 3.22. The molecule has 0 unspecified atom stereocenters. The van der Waals surface area contributed by atoms with Crippen LogP contribution >= 0.6 is 0 Å². The van der Waals surface area contributed by atoms with Gasteiger partial charge in [-0.25, -0.2) is 4.98 Å². The smallest absolute Gasteiger partial charge is 0.259 e. The Hall–Kier alpha value is -4.12. The van der Waals surface area contributed by atoms with Crippen molar-refractivity contribution in [1.29, 1.82) is 0 Å². The van der Waals surface area contributed by atoms with Gasteiger partial charge in [0.15, 0.2) is 5.58 Å². The molecule has 1 heterocycles. The summed E-state index contributed by atoms with van der Waals surface area (Å²) in [7, 11) is 1.57. The summed E-state index contributed by atoms with van der Waals surface area (Å²) >= 11 is 0. The van der Waals surface area contributed by atoms with Crippen LogP contribution in [0.4, 0.5) is 5.69 Å². The number of amides is 1. The van der Waals surface area contributed by atoms with E-state index < -0.39 is 0 Å². The molecule has 1 aromatic heterocycles. The zero-order valence-corrected chi connectivity index (χ0v) is 19.0. The van der Waals surface area contributed by atoms with E-state index in [0.29, 0.717) is 22.9 Å². The first-order chi connectivity index (χ1) is 15.9. The molecule has 5 rings (SSSR count). The fourth-order valence-electron chi connectivity index (χ4n) is 3.95. The van der Waals surface area contributed by atoms with Crippen LogP contribution in [0.25, 0.3) is 33.3 Å². The van der Waals surface area contributed by atoms with Gasteiger partial charge >= 0.3 is 0 Å². The van der Waals surface area contributed by atoms with Crippen molar-refractivity contribution in [2.45, 2.75) is 20.8 Å². The highest BCUT2D eigenvalue weighted by Gasteiger charge is 2.16. The predicted molar refractivity (Wildman–Crippen MR) is 132 cm³/mol. The second-order valence-corrected chi connectivity index (χ2v) is 8.31. The van der Waals surface area contributed by atoms with Crippen molar-refractivity contribution in [2.75, 3.05) is 12.4 Å². The number of anilines is 1. The lowest BCUT2D eigenvalue weighted by atomic mass is 10.0. The van der Waals surface area contributed by atoms with Gasteiger partial charge in [-0.3, -0.25) is 4.79 Å². The number of oxazole rings is 1. The van der Waals surface area contributed by atoms with Crippen molar-refractivity contribution in [1.82, 2.24) is 4.98 Å². The first-order valence-corrected chi connectivity index (χ1v) is 10.8. The minimum Gasteiger partial charge on any atom is -0.496 e. The molecule has 0 aliphatic rings. The Morgan fingerprint density at radius 2 is 1.61 bits per heavy atom. The number of ether oxygens (including phenoxy) is 1. The van der Waals surface area contributed by atoms with Crippen LogP contribution in [0.2, 0.25) is 0 Å². The predicted octanol–water partition coefficient (Wildman–Crippen LogP) is 6.83. The fraction of sp³-hybridized carbons (Fsp3) is 0.143. The van der Waals surface area contributed by atoms with E-state index in [1.807, 2.05) is 73.7 Å². The molecule has 0 bridgehead atoms. The molecule has 0 atom stereocenters. The molecule has 0 aliphatic carbocycles. The van der Waals surface area contributed by atoms with E-state index in [9.17, 15) is 4.79 Å². The van der Waals surface area contributed by atoms with E-state index in [1.54, 1.807) is 7.11 Å². The summed E-state index contributed by atoms with van der Waals surface area (Å²) in [5, 5.41) is 5.04. The number of nitrogens with zero attached hydrogens (tertiary/aromatic N) is 1. The van der Waals surface area contributed by atoms with Gasteiger partial charge in [-0.05, 0) is 84.6 Å². The molecule has 164 valence electrons. The minimum absolute atomic E-state index is 0.235. The van der Waals surface area contributed by atoms with E-state index in [0.717, 1.165) is 38.6 Å². The van der Waals surface area contributed by atoms with Gasteiger partial charge in [0.05, 0.1) is 12.7 Å². The van der Waals surface area contributed by atoms with Gasteiger partial charge in [-0.1, -0.05) is 30.3 Å². The minimum atomic E-state index is -0.235. The highest BCUT2D eigenvalue weighted by atomic mass is 16.5. The normalized spacial score (nSPS) is 11.2. The zero-order valence-electron chi connectivity index (χ0n) is 19.0. The molecule has 4 aromatic carbocycles. The van der Waals surface area contributed by atoms with Crippen molar-refractivity contribution < 1.29 is 13.9 Å². The summed E-state index contributed by atoms with van der Waals surface area (Å²) in [6.45, 7) is 6.07. The van der Waals surface area contributed by atoms with Crippen LogP contribution in [0.1, 0.15) is 27.0 Å². The fourth-order valence-corrected chi connectivity index (χ4v) is 3.95.